The molecule has 0 saturated carbocycles. The Morgan fingerprint density at radius 2 is 1.95 bits per heavy atom. The highest BCUT2D eigenvalue weighted by molar-refractivity contribution is 6.06. The number of alkyl halides is 1. The second kappa shape index (κ2) is 12.2. The van der Waals surface area contributed by atoms with E-state index in [1.165, 1.54) is 4.90 Å². The van der Waals surface area contributed by atoms with Gasteiger partial charge in [-0.05, 0) is 50.7 Å². The van der Waals surface area contributed by atoms with Crippen molar-refractivity contribution < 1.29 is 28.2 Å². The summed E-state index contributed by atoms with van der Waals surface area (Å²) in [4.78, 5) is 41.9. The molecule has 204 valence electrons. The molecule has 0 aromatic heterocycles. The number of urea groups is 1. The Labute approximate surface area is 217 Å². The first-order valence-corrected chi connectivity index (χ1v) is 13.1. The minimum absolute atomic E-state index is 0.0837. The Morgan fingerprint density at radius 1 is 1.19 bits per heavy atom. The van der Waals surface area contributed by atoms with Crippen LogP contribution in [-0.4, -0.2) is 92.0 Å². The third kappa shape index (κ3) is 7.18. The number of rotatable bonds is 8. The number of imide groups is 1. The van der Waals surface area contributed by atoms with Crippen LogP contribution in [0.2, 0.25) is 0 Å². The summed E-state index contributed by atoms with van der Waals surface area (Å²) in [6.07, 6.45) is 0.691. The van der Waals surface area contributed by atoms with Gasteiger partial charge in [0.25, 0.3) is 5.91 Å². The molecule has 4 amide bonds. The highest BCUT2D eigenvalue weighted by Gasteiger charge is 2.33. The summed E-state index contributed by atoms with van der Waals surface area (Å²) in [5, 5.41) is 2.32. The molecule has 3 fully saturated rings. The van der Waals surface area contributed by atoms with E-state index in [4.69, 9.17) is 15.2 Å². The molecule has 11 heteroatoms. The smallest absolute Gasteiger partial charge is 0.328 e. The normalized spacial score (nSPS) is 24.6. The van der Waals surface area contributed by atoms with E-state index < -0.39 is 24.5 Å². The minimum atomic E-state index is -1.03. The van der Waals surface area contributed by atoms with Crippen LogP contribution < -0.4 is 20.7 Å². The Hall–Kier alpha value is -2.76. The Balaban J connectivity index is 1.21. The first-order chi connectivity index (χ1) is 17.7. The second-order valence-corrected chi connectivity index (χ2v) is 10.3. The van der Waals surface area contributed by atoms with Crippen LogP contribution >= 0.6 is 0 Å². The quantitative estimate of drug-likeness (QED) is 0.503. The number of nitrogens with one attached hydrogen (secondary N) is 1. The molecule has 37 heavy (non-hydrogen) atoms. The van der Waals surface area contributed by atoms with Gasteiger partial charge in [-0.2, -0.15) is 0 Å². The van der Waals surface area contributed by atoms with Crippen LogP contribution in [0.3, 0.4) is 0 Å². The number of amides is 4. The summed E-state index contributed by atoms with van der Waals surface area (Å²) in [5.41, 5.74) is 7.17. The highest BCUT2D eigenvalue weighted by Crippen LogP contribution is 2.28. The summed E-state index contributed by atoms with van der Waals surface area (Å²) >= 11 is 0. The van der Waals surface area contributed by atoms with Gasteiger partial charge in [-0.25, -0.2) is 9.18 Å². The molecule has 10 nitrogen and oxygen atoms in total. The van der Waals surface area contributed by atoms with Crippen molar-refractivity contribution in [3.8, 4) is 5.75 Å². The number of halogens is 1. The average molecular weight is 520 g/mol. The van der Waals surface area contributed by atoms with E-state index in [1.54, 1.807) is 19.1 Å². The lowest BCUT2D eigenvalue weighted by Crippen LogP contribution is -2.50. The maximum Gasteiger partial charge on any atom is 0.328 e. The predicted octanol–water partition coefficient (Wildman–Crippen LogP) is 1.79. The SMILES string of the molecule is Cc1ccc(OCC(=O)N2CCC(CN3CCC(OC(C)N)C(F)C3)CC2)cc1N1CCC(=O)NC1=O. The van der Waals surface area contributed by atoms with Crippen molar-refractivity contribution in [2.24, 2.45) is 11.7 Å². The molecule has 3 unspecified atom stereocenters. The summed E-state index contributed by atoms with van der Waals surface area (Å²) in [6, 6.07) is 4.87. The zero-order valence-corrected chi connectivity index (χ0v) is 21.7. The third-order valence-electron chi connectivity index (χ3n) is 7.33. The van der Waals surface area contributed by atoms with E-state index >= 15 is 0 Å². The average Bonchev–Trinajstić information content (AvgIpc) is 2.85. The van der Waals surface area contributed by atoms with Gasteiger partial charge in [-0.15, -0.1) is 0 Å². The van der Waals surface area contributed by atoms with Crippen LogP contribution in [0.15, 0.2) is 18.2 Å². The van der Waals surface area contributed by atoms with Crippen LogP contribution in [-0.2, 0) is 14.3 Å². The predicted molar refractivity (Wildman–Crippen MR) is 136 cm³/mol. The van der Waals surface area contributed by atoms with Crippen molar-refractivity contribution in [3.05, 3.63) is 23.8 Å². The first kappa shape index (κ1) is 27.3. The van der Waals surface area contributed by atoms with Crippen LogP contribution in [0, 0.1) is 12.8 Å². The molecule has 3 N–H and O–H groups in total. The van der Waals surface area contributed by atoms with E-state index in [0.717, 1.165) is 31.5 Å². The van der Waals surface area contributed by atoms with E-state index in [0.29, 0.717) is 50.0 Å². The van der Waals surface area contributed by atoms with Crippen molar-refractivity contribution in [3.63, 3.8) is 0 Å². The van der Waals surface area contributed by atoms with Gasteiger partial charge < -0.3 is 20.1 Å². The third-order valence-corrected chi connectivity index (χ3v) is 7.33. The molecule has 0 spiro atoms. The van der Waals surface area contributed by atoms with Crippen LogP contribution in [0.4, 0.5) is 14.9 Å². The fourth-order valence-electron chi connectivity index (χ4n) is 5.27. The lowest BCUT2D eigenvalue weighted by Gasteiger charge is -2.39. The number of likely N-dealkylation sites (tertiary alicyclic amines) is 2. The summed E-state index contributed by atoms with van der Waals surface area (Å²) in [7, 11) is 0. The molecule has 3 atom stereocenters. The second-order valence-electron chi connectivity index (χ2n) is 10.3. The van der Waals surface area contributed by atoms with E-state index in [9.17, 15) is 18.8 Å². The number of anilines is 1. The molecule has 1 aromatic rings. The Kier molecular flexibility index (Phi) is 8.99. The molecule has 0 radical (unpaired) electrons. The van der Waals surface area contributed by atoms with Gasteiger partial charge in [0.05, 0.1) is 11.8 Å². The Bertz CT molecular complexity index is 984. The van der Waals surface area contributed by atoms with Crippen molar-refractivity contribution >= 4 is 23.5 Å². The molecule has 3 saturated heterocycles. The van der Waals surface area contributed by atoms with Gasteiger partial charge in [0, 0.05) is 51.8 Å². The van der Waals surface area contributed by atoms with E-state index in [1.807, 2.05) is 17.9 Å². The molecule has 3 aliphatic heterocycles. The maximum atomic E-state index is 14.5. The number of carbonyl (C=O) groups is 3. The summed E-state index contributed by atoms with van der Waals surface area (Å²) in [6.45, 7) is 7.08. The lowest BCUT2D eigenvalue weighted by molar-refractivity contribution is -0.135. The fourth-order valence-corrected chi connectivity index (χ4v) is 5.27. The first-order valence-electron chi connectivity index (χ1n) is 13.1. The number of piperidine rings is 2. The van der Waals surface area contributed by atoms with Crippen molar-refractivity contribution in [1.29, 1.82) is 0 Å². The van der Waals surface area contributed by atoms with E-state index in [-0.39, 0.29) is 24.8 Å². The van der Waals surface area contributed by atoms with Crippen LogP contribution in [0.5, 0.6) is 5.75 Å². The molecule has 0 bridgehead atoms. The van der Waals surface area contributed by atoms with Crippen LogP contribution in [0.25, 0.3) is 0 Å². The zero-order chi connectivity index (χ0) is 26.5. The highest BCUT2D eigenvalue weighted by atomic mass is 19.1. The van der Waals surface area contributed by atoms with Gasteiger partial charge in [0.2, 0.25) is 5.91 Å². The number of hydrogen-bond acceptors (Lipinski definition) is 7. The van der Waals surface area contributed by atoms with Crippen molar-refractivity contribution in [2.45, 2.75) is 58.0 Å². The minimum Gasteiger partial charge on any atom is -0.484 e. The van der Waals surface area contributed by atoms with Gasteiger partial charge in [-0.1, -0.05) is 6.07 Å². The van der Waals surface area contributed by atoms with E-state index in [2.05, 4.69) is 10.2 Å². The molecular weight excluding hydrogens is 481 g/mol. The fraction of sp³-hybridized carbons (Fsp3) is 0.654. The number of benzene rings is 1. The van der Waals surface area contributed by atoms with Gasteiger partial charge in [0.1, 0.15) is 18.1 Å². The van der Waals surface area contributed by atoms with Crippen molar-refractivity contribution in [2.75, 3.05) is 50.8 Å². The molecular formula is C26H38FN5O5. The van der Waals surface area contributed by atoms with Gasteiger partial charge in [-0.3, -0.25) is 24.7 Å². The maximum absolute atomic E-state index is 14.5. The van der Waals surface area contributed by atoms with Crippen molar-refractivity contribution in [1.82, 2.24) is 15.1 Å². The summed E-state index contributed by atoms with van der Waals surface area (Å²) in [5.74, 6) is 0.541. The number of ether oxygens (including phenoxy) is 2. The largest absolute Gasteiger partial charge is 0.484 e. The number of hydrogen-bond donors (Lipinski definition) is 2. The molecule has 0 aliphatic carbocycles. The number of carbonyl (C=O) groups excluding carboxylic acids is 3. The van der Waals surface area contributed by atoms with Gasteiger partial charge >= 0.3 is 6.03 Å². The monoisotopic (exact) mass is 519 g/mol. The van der Waals surface area contributed by atoms with Gasteiger partial charge in [0.15, 0.2) is 6.61 Å². The molecule has 4 rings (SSSR count). The number of nitrogens with zero attached hydrogens (tertiary/aromatic N) is 3. The number of nitrogens with two attached hydrogens (primary N) is 1. The van der Waals surface area contributed by atoms with Crippen LogP contribution in [0.1, 0.15) is 38.2 Å². The molecule has 1 aromatic carbocycles. The molecule has 3 aliphatic rings. The standard InChI is InChI=1S/C26H38FN5O5/c1-17-3-4-20(13-22(17)32-12-8-24(33)29-26(32)35)36-16-25(34)31-10-5-19(6-11-31)14-30-9-7-23(21(27)15-30)37-18(2)28/h3-4,13,18-19,21,23H,5-12,14-16,28H2,1-2H3,(H,29,33,35). The zero-order valence-electron chi connectivity index (χ0n) is 21.7. The number of aryl methyl sites for hydroxylation is 1. The lowest BCUT2D eigenvalue weighted by atomic mass is 9.94. The summed E-state index contributed by atoms with van der Waals surface area (Å²) < 4.78 is 25.7. The molecule has 3 heterocycles. The Morgan fingerprint density at radius 3 is 2.62 bits per heavy atom. The topological polar surface area (TPSA) is 117 Å².